The molecule has 0 radical (unpaired) electrons. The van der Waals surface area contributed by atoms with E-state index in [0.29, 0.717) is 37.5 Å². The van der Waals surface area contributed by atoms with E-state index in [1.807, 2.05) is 13.8 Å². The summed E-state index contributed by atoms with van der Waals surface area (Å²) in [5.74, 6) is 0.561. The summed E-state index contributed by atoms with van der Waals surface area (Å²) < 4.78 is 6.26. The first-order valence-corrected chi connectivity index (χ1v) is 19.9. The molecular weight excluding hydrogens is 620 g/mol. The van der Waals surface area contributed by atoms with Gasteiger partial charge in [0.2, 0.25) is 0 Å². The van der Waals surface area contributed by atoms with E-state index in [9.17, 15) is 30.3 Å². The predicted octanol–water partition coefficient (Wildman–Crippen LogP) is 4.11. The maximum atomic E-state index is 14.1. The van der Waals surface area contributed by atoms with Crippen LogP contribution in [0.2, 0.25) is 0 Å². The van der Waals surface area contributed by atoms with Crippen LogP contribution in [0.15, 0.2) is 11.6 Å². The number of carbonyl (C=O) groups is 1. The molecule has 0 amide bonds. The van der Waals surface area contributed by atoms with E-state index >= 15 is 0 Å². The Balaban J connectivity index is 1.13. The van der Waals surface area contributed by atoms with E-state index < -0.39 is 45.9 Å². The Morgan fingerprint density at radius 3 is 2.39 bits per heavy atom. The molecule has 7 aliphatic rings. The van der Waals surface area contributed by atoms with Gasteiger partial charge in [-0.1, -0.05) is 33.1 Å². The first kappa shape index (κ1) is 36.4. The summed E-state index contributed by atoms with van der Waals surface area (Å²) in [6.07, 6.45) is 14.0. The molecule has 278 valence electrons. The Kier molecular flexibility index (Phi) is 9.37. The normalized spacial score (nSPS) is 47.9. The molecule has 6 fully saturated rings. The SMILES string of the molecule is C[C@](O)([C@@H]1O[C@@H]1[C@](C)(O)[C@](C)(CO)CCC1CCNC(N)C1)[C@H]1CC[C@@]2(O)C3=CC(=O)[C@H]4C[C@@H](O)CC[C@]4(C4CCCCC4)[C@@H]3CC[C@]12C. The number of fused-ring (bicyclic) bond motifs is 5. The standard InChI is InChI=1S/C40H66N2O7/c1-35(23-43,15-10-24-14-19-42-32(41)20-24)38(4,47)34-33(49-34)37(3,46)31-13-18-40(48)28-22-30(45)29-21-26(44)11-17-39(29,25-8-6-5-7-9-25)27(28)12-16-36(31,40)2/h22,24-27,29,31-34,42-44,46-48H,5-21,23,41H2,1-4H3/t24?,26-,27+,29+,31-,32?,33+,34-,35-,36+,37+,38-,39-,40+/m0/s1. The van der Waals surface area contributed by atoms with Crippen molar-refractivity contribution in [3.8, 4) is 0 Å². The number of epoxide rings is 1. The lowest BCUT2D eigenvalue weighted by Crippen LogP contribution is -2.63. The number of carbonyl (C=O) groups excluding carboxylic acids is 1. The van der Waals surface area contributed by atoms with Crippen LogP contribution in [-0.2, 0) is 9.53 Å². The van der Waals surface area contributed by atoms with Crippen LogP contribution in [0.3, 0.4) is 0 Å². The van der Waals surface area contributed by atoms with Gasteiger partial charge in [-0.2, -0.15) is 0 Å². The number of allylic oxidation sites excluding steroid dienone is 1. The van der Waals surface area contributed by atoms with Gasteiger partial charge in [0.25, 0.3) is 0 Å². The topological polar surface area (TPSA) is 169 Å². The van der Waals surface area contributed by atoms with E-state index in [1.165, 1.54) is 19.3 Å². The third-order valence-electron chi connectivity index (χ3n) is 16.6. The van der Waals surface area contributed by atoms with Crippen LogP contribution in [0.5, 0.6) is 0 Å². The molecule has 0 spiro atoms. The van der Waals surface area contributed by atoms with Gasteiger partial charge in [0.15, 0.2) is 5.78 Å². The molecule has 4 saturated carbocycles. The Morgan fingerprint density at radius 2 is 1.69 bits per heavy atom. The Bertz CT molecular complexity index is 1300. The van der Waals surface area contributed by atoms with E-state index in [-0.39, 0.29) is 41.7 Å². The second-order valence-electron chi connectivity index (χ2n) is 18.9. The van der Waals surface area contributed by atoms with Gasteiger partial charge in [0.1, 0.15) is 12.2 Å². The van der Waals surface area contributed by atoms with Crippen molar-refractivity contribution < 1.29 is 35.1 Å². The van der Waals surface area contributed by atoms with E-state index in [4.69, 9.17) is 10.5 Å². The average Bonchev–Trinajstić information content (AvgIpc) is 3.85. The van der Waals surface area contributed by atoms with Crippen LogP contribution < -0.4 is 11.1 Å². The summed E-state index contributed by atoms with van der Waals surface area (Å²) in [5.41, 5.74) is 1.38. The number of piperidine rings is 1. The highest BCUT2D eigenvalue weighted by molar-refractivity contribution is 5.95. The first-order valence-electron chi connectivity index (χ1n) is 19.9. The number of ketones is 1. The van der Waals surface area contributed by atoms with Gasteiger partial charge in [0.05, 0.1) is 35.7 Å². The fraction of sp³-hybridized carbons (Fsp3) is 0.925. The Hall–Kier alpha value is -0.910. The fourth-order valence-electron chi connectivity index (χ4n) is 13.2. The van der Waals surface area contributed by atoms with Crippen LogP contribution in [0.25, 0.3) is 0 Å². The highest BCUT2D eigenvalue weighted by atomic mass is 16.6. The van der Waals surface area contributed by atoms with E-state index in [1.54, 1.807) is 13.0 Å². The average molecular weight is 687 g/mol. The zero-order valence-electron chi connectivity index (χ0n) is 30.6. The number of ether oxygens (including phenoxy) is 1. The fourth-order valence-corrected chi connectivity index (χ4v) is 13.2. The van der Waals surface area contributed by atoms with Gasteiger partial charge in [-0.3, -0.25) is 4.79 Å². The van der Waals surface area contributed by atoms with Gasteiger partial charge in [-0.15, -0.1) is 0 Å². The highest BCUT2D eigenvalue weighted by Crippen LogP contribution is 2.71. The minimum atomic E-state index is -1.38. The summed E-state index contributed by atoms with van der Waals surface area (Å²) in [5, 5.41) is 62.2. The smallest absolute Gasteiger partial charge is 0.159 e. The van der Waals surface area contributed by atoms with E-state index in [2.05, 4.69) is 12.2 Å². The molecule has 2 unspecified atom stereocenters. The number of nitrogens with two attached hydrogens (primary N) is 1. The molecule has 2 heterocycles. The van der Waals surface area contributed by atoms with Crippen LogP contribution in [-0.4, -0.2) is 85.7 Å². The summed E-state index contributed by atoms with van der Waals surface area (Å²) in [7, 11) is 0. The number of hydrogen-bond acceptors (Lipinski definition) is 9. The van der Waals surface area contributed by atoms with Gasteiger partial charge < -0.3 is 41.3 Å². The number of nitrogens with one attached hydrogen (secondary N) is 1. The van der Waals surface area contributed by atoms with Gasteiger partial charge in [-0.05, 0) is 145 Å². The lowest BCUT2D eigenvalue weighted by atomic mass is 9.42. The molecule has 9 nitrogen and oxygen atoms in total. The molecule has 0 aromatic rings. The second-order valence-corrected chi connectivity index (χ2v) is 18.9. The zero-order chi connectivity index (χ0) is 35.2. The van der Waals surface area contributed by atoms with Gasteiger partial charge >= 0.3 is 0 Å². The number of rotatable bonds is 9. The van der Waals surface area contributed by atoms with Crippen molar-refractivity contribution in [2.24, 2.45) is 51.6 Å². The van der Waals surface area contributed by atoms with Crippen molar-refractivity contribution in [1.29, 1.82) is 0 Å². The van der Waals surface area contributed by atoms with Crippen molar-refractivity contribution >= 4 is 5.78 Å². The minimum Gasteiger partial charge on any atom is -0.396 e. The van der Waals surface area contributed by atoms with Crippen LogP contribution in [0.1, 0.15) is 130 Å². The van der Waals surface area contributed by atoms with Crippen molar-refractivity contribution in [2.45, 2.75) is 172 Å². The predicted molar refractivity (Wildman–Crippen MR) is 187 cm³/mol. The summed E-state index contributed by atoms with van der Waals surface area (Å²) in [6, 6.07) is 0. The molecule has 7 rings (SSSR count). The lowest BCUT2D eigenvalue weighted by molar-refractivity contribution is -0.165. The monoisotopic (exact) mass is 686 g/mol. The molecule has 9 heteroatoms. The van der Waals surface area contributed by atoms with Gasteiger partial charge in [0, 0.05) is 16.7 Å². The minimum absolute atomic E-state index is 0.0235. The molecule has 14 atom stereocenters. The third kappa shape index (κ3) is 5.49. The van der Waals surface area contributed by atoms with E-state index in [0.717, 1.165) is 69.9 Å². The molecule has 49 heavy (non-hydrogen) atoms. The summed E-state index contributed by atoms with van der Waals surface area (Å²) in [4.78, 5) is 14.1. The van der Waals surface area contributed by atoms with Crippen LogP contribution >= 0.6 is 0 Å². The molecule has 0 bridgehead atoms. The summed E-state index contributed by atoms with van der Waals surface area (Å²) in [6.45, 7) is 8.27. The van der Waals surface area contributed by atoms with Crippen molar-refractivity contribution in [1.82, 2.24) is 5.32 Å². The van der Waals surface area contributed by atoms with Crippen LogP contribution in [0.4, 0.5) is 0 Å². The molecule has 2 saturated heterocycles. The van der Waals surface area contributed by atoms with Crippen molar-refractivity contribution in [2.75, 3.05) is 13.2 Å². The Morgan fingerprint density at radius 1 is 0.959 bits per heavy atom. The van der Waals surface area contributed by atoms with Crippen molar-refractivity contribution in [3.05, 3.63) is 11.6 Å². The van der Waals surface area contributed by atoms with Crippen molar-refractivity contribution in [3.63, 3.8) is 0 Å². The largest absolute Gasteiger partial charge is 0.396 e. The molecule has 0 aromatic heterocycles. The zero-order valence-corrected chi connectivity index (χ0v) is 30.6. The third-order valence-corrected chi connectivity index (χ3v) is 16.6. The maximum Gasteiger partial charge on any atom is 0.159 e. The van der Waals surface area contributed by atoms with Crippen LogP contribution in [0, 0.1) is 45.8 Å². The second kappa shape index (κ2) is 12.6. The molecule has 2 aliphatic heterocycles. The van der Waals surface area contributed by atoms with Gasteiger partial charge in [-0.25, -0.2) is 0 Å². The maximum absolute atomic E-state index is 14.1. The summed E-state index contributed by atoms with van der Waals surface area (Å²) >= 11 is 0. The quantitative estimate of drug-likeness (QED) is 0.177. The first-order chi connectivity index (χ1) is 23.0. The number of hydrogen-bond donors (Lipinski definition) is 7. The lowest BCUT2D eigenvalue weighted by Gasteiger charge is -2.63. The molecule has 0 aromatic carbocycles. The highest BCUT2D eigenvalue weighted by Gasteiger charge is 2.73. The number of aliphatic hydroxyl groups excluding tert-OH is 2. The molecule has 5 aliphatic carbocycles. The molecule has 8 N–H and O–H groups in total. The Labute approximate surface area is 293 Å². The molecular formula is C40H66N2O7. The number of aliphatic hydroxyl groups is 5.